The van der Waals surface area contributed by atoms with Gasteiger partial charge >= 0.3 is 0 Å². The predicted molar refractivity (Wildman–Crippen MR) is 95.4 cm³/mol. The van der Waals surface area contributed by atoms with E-state index in [0.717, 1.165) is 36.6 Å². The number of pyridine rings is 1. The van der Waals surface area contributed by atoms with Gasteiger partial charge in [0.25, 0.3) is 5.91 Å². The molecule has 2 heterocycles. The van der Waals surface area contributed by atoms with E-state index in [-0.39, 0.29) is 5.91 Å². The van der Waals surface area contributed by atoms with Crippen molar-refractivity contribution in [2.24, 2.45) is 0 Å². The lowest BCUT2D eigenvalue weighted by Gasteiger charge is -2.26. The van der Waals surface area contributed by atoms with Crippen molar-refractivity contribution in [2.75, 3.05) is 26.2 Å². The third kappa shape index (κ3) is 5.32. The molecule has 0 aromatic carbocycles. The molecule has 0 saturated carbocycles. The smallest absolute Gasteiger partial charge is 0.251 e. The number of piperidine rings is 1. The minimum Gasteiger partial charge on any atom is -0.351 e. The molecule has 4 nitrogen and oxygen atoms in total. The summed E-state index contributed by atoms with van der Waals surface area (Å²) < 4.78 is 0. The van der Waals surface area contributed by atoms with Crippen LogP contribution in [-0.4, -0.2) is 42.0 Å². The molecule has 0 spiro atoms. The Morgan fingerprint density at radius 3 is 2.78 bits per heavy atom. The van der Waals surface area contributed by atoms with E-state index < -0.39 is 0 Å². The lowest BCUT2D eigenvalue weighted by atomic mass is 10.1. The number of hydrogen-bond donors (Lipinski definition) is 1. The molecule has 1 fully saturated rings. The Morgan fingerprint density at radius 1 is 1.35 bits per heavy atom. The number of nitrogens with zero attached hydrogens (tertiary/aromatic N) is 2. The number of allylic oxidation sites excluding steroid dienone is 3. The topological polar surface area (TPSA) is 45.2 Å². The average Bonchev–Trinajstić information content (AvgIpc) is 2.55. The highest BCUT2D eigenvalue weighted by molar-refractivity contribution is 5.95. The van der Waals surface area contributed by atoms with Crippen LogP contribution in [0.25, 0.3) is 5.57 Å². The minimum atomic E-state index is -0.0276. The van der Waals surface area contributed by atoms with Crippen LogP contribution in [0.5, 0.6) is 0 Å². The van der Waals surface area contributed by atoms with Crippen LogP contribution in [0.3, 0.4) is 0 Å². The molecule has 4 heteroatoms. The molecule has 0 radical (unpaired) electrons. The second kappa shape index (κ2) is 8.63. The Kier molecular flexibility index (Phi) is 6.53. The normalized spacial score (nSPS) is 16.2. The summed E-state index contributed by atoms with van der Waals surface area (Å²) in [5.74, 6) is -0.0276. The summed E-state index contributed by atoms with van der Waals surface area (Å²) >= 11 is 0. The zero-order valence-electron chi connectivity index (χ0n) is 14.3. The van der Waals surface area contributed by atoms with E-state index >= 15 is 0 Å². The van der Waals surface area contributed by atoms with Crippen LogP contribution in [0.1, 0.15) is 47.9 Å². The van der Waals surface area contributed by atoms with Crippen LogP contribution in [0.4, 0.5) is 0 Å². The average molecular weight is 313 g/mol. The molecule has 1 aliphatic heterocycles. The van der Waals surface area contributed by atoms with E-state index in [0.29, 0.717) is 12.1 Å². The second-order valence-corrected chi connectivity index (χ2v) is 6.13. The van der Waals surface area contributed by atoms with Gasteiger partial charge in [-0.2, -0.15) is 0 Å². The first-order chi connectivity index (χ1) is 11.1. The molecule has 1 aromatic rings. The van der Waals surface area contributed by atoms with E-state index in [9.17, 15) is 4.79 Å². The summed E-state index contributed by atoms with van der Waals surface area (Å²) in [4.78, 5) is 19.3. The van der Waals surface area contributed by atoms with Gasteiger partial charge < -0.3 is 10.2 Å². The fraction of sp³-hybridized carbons (Fsp3) is 0.474. The minimum absolute atomic E-state index is 0.0276. The Hall–Kier alpha value is -1.94. The zero-order chi connectivity index (χ0) is 16.7. The maximum Gasteiger partial charge on any atom is 0.251 e. The third-order valence-corrected chi connectivity index (χ3v) is 4.15. The first-order valence-electron chi connectivity index (χ1n) is 8.39. The van der Waals surface area contributed by atoms with Gasteiger partial charge in [-0.3, -0.25) is 9.78 Å². The fourth-order valence-corrected chi connectivity index (χ4v) is 2.88. The summed E-state index contributed by atoms with van der Waals surface area (Å²) in [6, 6.07) is 3.68. The summed E-state index contributed by atoms with van der Waals surface area (Å²) in [7, 11) is 0. The molecule has 124 valence electrons. The number of amides is 1. The summed E-state index contributed by atoms with van der Waals surface area (Å²) in [5, 5.41) is 3.02. The van der Waals surface area contributed by atoms with E-state index in [1.54, 1.807) is 6.08 Å². The Bertz CT molecular complexity index is 586. The van der Waals surface area contributed by atoms with Gasteiger partial charge in [-0.25, -0.2) is 0 Å². The van der Waals surface area contributed by atoms with Gasteiger partial charge in [0.1, 0.15) is 0 Å². The van der Waals surface area contributed by atoms with Crippen molar-refractivity contribution < 1.29 is 4.79 Å². The number of likely N-dealkylation sites (tertiary alicyclic amines) is 1. The Balaban J connectivity index is 1.95. The predicted octanol–water partition coefficient (Wildman–Crippen LogP) is 3.20. The molecule has 2 rings (SSSR count). The number of rotatable bonds is 6. The molecule has 0 aliphatic carbocycles. The molecule has 1 saturated heterocycles. The summed E-state index contributed by atoms with van der Waals surface area (Å²) in [6.45, 7) is 11.5. The lowest BCUT2D eigenvalue weighted by Crippen LogP contribution is -2.37. The van der Waals surface area contributed by atoms with Crippen LogP contribution in [0.15, 0.2) is 30.9 Å². The highest BCUT2D eigenvalue weighted by atomic mass is 16.1. The van der Waals surface area contributed by atoms with Crippen LogP contribution >= 0.6 is 0 Å². The van der Waals surface area contributed by atoms with Crippen LogP contribution in [-0.2, 0) is 0 Å². The monoisotopic (exact) mass is 313 g/mol. The third-order valence-electron chi connectivity index (χ3n) is 4.15. The van der Waals surface area contributed by atoms with Crippen LogP contribution in [0, 0.1) is 6.92 Å². The Morgan fingerprint density at radius 2 is 2.09 bits per heavy atom. The molecule has 1 amide bonds. The number of carbonyl (C=O) groups excluding carboxylic acids is 1. The number of aryl methyl sites for hydroxylation is 1. The molecule has 0 bridgehead atoms. The molecular formula is C19H27N3O. The van der Waals surface area contributed by atoms with Crippen molar-refractivity contribution in [1.29, 1.82) is 0 Å². The molecule has 1 N–H and O–H groups in total. The van der Waals surface area contributed by atoms with Crippen molar-refractivity contribution in [3.63, 3.8) is 0 Å². The standard InChI is InChI=1S/C19H27N3O/c1-4-8-15(2)18-14-17(13-16(3)21-18)19(23)20-9-12-22-10-6-5-7-11-22/h4,8,13-14H,1,5-7,9-12H2,2-3H3,(H,20,23). The summed E-state index contributed by atoms with van der Waals surface area (Å²) in [6.07, 6.45) is 7.52. The van der Waals surface area contributed by atoms with Crippen LogP contribution < -0.4 is 5.32 Å². The van der Waals surface area contributed by atoms with Crippen molar-refractivity contribution in [2.45, 2.75) is 33.1 Å². The van der Waals surface area contributed by atoms with Gasteiger partial charge in [0.2, 0.25) is 0 Å². The van der Waals surface area contributed by atoms with Gasteiger partial charge in [-0.05, 0) is 57.5 Å². The molecule has 1 aromatic heterocycles. The van der Waals surface area contributed by atoms with Crippen molar-refractivity contribution >= 4 is 11.5 Å². The number of nitrogens with one attached hydrogen (secondary N) is 1. The Labute approximate surface area is 139 Å². The van der Waals surface area contributed by atoms with E-state index in [1.807, 2.05) is 32.1 Å². The second-order valence-electron chi connectivity index (χ2n) is 6.13. The van der Waals surface area contributed by atoms with Gasteiger partial charge in [0.05, 0.1) is 5.69 Å². The maximum absolute atomic E-state index is 12.4. The van der Waals surface area contributed by atoms with Crippen molar-refractivity contribution in [1.82, 2.24) is 15.2 Å². The lowest BCUT2D eigenvalue weighted by molar-refractivity contribution is 0.0946. The van der Waals surface area contributed by atoms with Crippen molar-refractivity contribution in [3.05, 3.63) is 47.8 Å². The highest BCUT2D eigenvalue weighted by Gasteiger charge is 2.12. The largest absolute Gasteiger partial charge is 0.351 e. The molecule has 23 heavy (non-hydrogen) atoms. The summed E-state index contributed by atoms with van der Waals surface area (Å²) in [5.41, 5.74) is 3.35. The number of hydrogen-bond acceptors (Lipinski definition) is 3. The molecule has 0 unspecified atom stereocenters. The van der Waals surface area contributed by atoms with Gasteiger partial charge in [-0.15, -0.1) is 0 Å². The molecule has 0 atom stereocenters. The SMILES string of the molecule is C=CC=C(C)c1cc(C(=O)NCCN2CCCCC2)cc(C)n1. The maximum atomic E-state index is 12.4. The molecule has 1 aliphatic rings. The number of carbonyl (C=O) groups is 1. The van der Waals surface area contributed by atoms with E-state index in [2.05, 4.69) is 21.8 Å². The van der Waals surface area contributed by atoms with E-state index in [4.69, 9.17) is 0 Å². The quantitative estimate of drug-likeness (QED) is 0.820. The fourth-order valence-electron chi connectivity index (χ4n) is 2.88. The van der Waals surface area contributed by atoms with Crippen molar-refractivity contribution in [3.8, 4) is 0 Å². The van der Waals surface area contributed by atoms with E-state index in [1.165, 1.54) is 19.3 Å². The first kappa shape index (κ1) is 17.4. The van der Waals surface area contributed by atoms with Crippen LogP contribution in [0.2, 0.25) is 0 Å². The van der Waals surface area contributed by atoms with Gasteiger partial charge in [0.15, 0.2) is 0 Å². The van der Waals surface area contributed by atoms with Gasteiger partial charge in [0, 0.05) is 24.3 Å². The van der Waals surface area contributed by atoms with Gasteiger partial charge in [-0.1, -0.05) is 25.2 Å². The number of aromatic nitrogens is 1. The first-order valence-corrected chi connectivity index (χ1v) is 8.39. The molecular weight excluding hydrogens is 286 g/mol. The highest BCUT2D eigenvalue weighted by Crippen LogP contribution is 2.14. The zero-order valence-corrected chi connectivity index (χ0v) is 14.3.